The number of nitrogens with zero attached hydrogens (tertiary/aromatic N) is 4. The highest BCUT2D eigenvalue weighted by molar-refractivity contribution is 5.99. The third kappa shape index (κ3) is 4.97. The average molecular weight is 459 g/mol. The minimum absolute atomic E-state index is 0.00588. The van der Waals surface area contributed by atoms with E-state index in [1.165, 1.54) is 17.1 Å². The Morgan fingerprint density at radius 2 is 1.74 bits per heavy atom. The molecule has 1 fully saturated rings. The molecule has 3 aromatic rings. The number of rotatable bonds is 8. The van der Waals surface area contributed by atoms with E-state index in [0.29, 0.717) is 30.2 Å². The van der Waals surface area contributed by atoms with E-state index >= 15 is 0 Å². The van der Waals surface area contributed by atoms with Gasteiger partial charge in [0, 0.05) is 24.2 Å². The molecule has 1 aliphatic rings. The molecule has 0 aromatic heterocycles. The van der Waals surface area contributed by atoms with Gasteiger partial charge in [0.1, 0.15) is 11.9 Å². The SMILES string of the molecule is CCOc1ccccc1[C@@H]1N(Cc2ccccc2)CC(=O)N1/N=C(/C)c1ccc([N+](=O)[O-])cc1. The van der Waals surface area contributed by atoms with Crippen LogP contribution >= 0.6 is 0 Å². The highest BCUT2D eigenvalue weighted by atomic mass is 16.6. The molecule has 0 N–H and O–H groups in total. The topological polar surface area (TPSA) is 88.3 Å². The Kier molecular flexibility index (Phi) is 6.98. The number of nitro groups is 1. The maximum absolute atomic E-state index is 13.2. The molecule has 174 valence electrons. The van der Waals surface area contributed by atoms with Crippen molar-refractivity contribution in [3.63, 3.8) is 0 Å². The van der Waals surface area contributed by atoms with Gasteiger partial charge in [-0.25, -0.2) is 5.01 Å². The summed E-state index contributed by atoms with van der Waals surface area (Å²) in [6.07, 6.45) is -0.455. The number of non-ortho nitro benzene ring substituents is 1. The van der Waals surface area contributed by atoms with E-state index in [2.05, 4.69) is 10.0 Å². The average Bonchev–Trinajstić information content (AvgIpc) is 3.14. The second-order valence-corrected chi connectivity index (χ2v) is 7.96. The van der Waals surface area contributed by atoms with Gasteiger partial charge in [-0.3, -0.25) is 19.8 Å². The minimum atomic E-state index is -0.455. The van der Waals surface area contributed by atoms with E-state index in [-0.39, 0.29) is 18.1 Å². The van der Waals surface area contributed by atoms with Crippen LogP contribution in [0.1, 0.15) is 36.7 Å². The number of benzene rings is 3. The monoisotopic (exact) mass is 458 g/mol. The molecule has 3 aromatic carbocycles. The van der Waals surface area contributed by atoms with E-state index in [0.717, 1.165) is 11.1 Å². The van der Waals surface area contributed by atoms with Crippen LogP contribution in [-0.4, -0.2) is 39.6 Å². The zero-order valence-corrected chi connectivity index (χ0v) is 19.1. The summed E-state index contributed by atoms with van der Waals surface area (Å²) in [5.74, 6) is 0.574. The molecule has 0 bridgehead atoms. The number of amides is 1. The van der Waals surface area contributed by atoms with Crippen molar-refractivity contribution in [3.05, 3.63) is 106 Å². The summed E-state index contributed by atoms with van der Waals surface area (Å²) in [5.41, 5.74) is 3.24. The molecule has 0 aliphatic carbocycles. The Morgan fingerprint density at radius 3 is 2.41 bits per heavy atom. The van der Waals surface area contributed by atoms with Gasteiger partial charge >= 0.3 is 0 Å². The summed E-state index contributed by atoms with van der Waals surface area (Å²) >= 11 is 0. The molecule has 0 unspecified atom stereocenters. The maximum Gasteiger partial charge on any atom is 0.269 e. The van der Waals surface area contributed by atoms with E-state index in [9.17, 15) is 14.9 Å². The van der Waals surface area contributed by atoms with Crippen molar-refractivity contribution in [1.82, 2.24) is 9.91 Å². The van der Waals surface area contributed by atoms with Crippen LogP contribution in [0.2, 0.25) is 0 Å². The van der Waals surface area contributed by atoms with Gasteiger partial charge in [0.05, 0.1) is 23.8 Å². The Bertz CT molecular complexity index is 1190. The minimum Gasteiger partial charge on any atom is -0.493 e. The van der Waals surface area contributed by atoms with Crippen LogP contribution in [0, 0.1) is 10.1 Å². The molecule has 0 radical (unpaired) electrons. The second-order valence-electron chi connectivity index (χ2n) is 7.96. The molecule has 4 rings (SSSR count). The van der Waals surface area contributed by atoms with Gasteiger partial charge in [-0.2, -0.15) is 5.10 Å². The zero-order chi connectivity index (χ0) is 24.1. The van der Waals surface area contributed by atoms with Crippen LogP contribution in [0.3, 0.4) is 0 Å². The predicted molar refractivity (Wildman–Crippen MR) is 129 cm³/mol. The largest absolute Gasteiger partial charge is 0.493 e. The molecule has 1 saturated heterocycles. The van der Waals surface area contributed by atoms with Gasteiger partial charge in [0.2, 0.25) is 0 Å². The van der Waals surface area contributed by atoms with Crippen LogP contribution < -0.4 is 4.74 Å². The number of carbonyl (C=O) groups excluding carboxylic acids is 1. The van der Waals surface area contributed by atoms with Gasteiger partial charge in [0.15, 0.2) is 0 Å². The molecule has 0 saturated carbocycles. The first-order chi connectivity index (χ1) is 16.5. The van der Waals surface area contributed by atoms with Gasteiger partial charge in [-0.15, -0.1) is 0 Å². The van der Waals surface area contributed by atoms with Crippen molar-refractivity contribution in [1.29, 1.82) is 0 Å². The summed E-state index contributed by atoms with van der Waals surface area (Å²) < 4.78 is 5.88. The molecule has 8 heteroatoms. The van der Waals surface area contributed by atoms with Crippen molar-refractivity contribution in [2.75, 3.05) is 13.2 Å². The van der Waals surface area contributed by atoms with Crippen molar-refractivity contribution in [3.8, 4) is 5.75 Å². The molecule has 34 heavy (non-hydrogen) atoms. The lowest BCUT2D eigenvalue weighted by Gasteiger charge is -2.29. The van der Waals surface area contributed by atoms with E-state index in [1.807, 2.05) is 61.5 Å². The smallest absolute Gasteiger partial charge is 0.269 e. The first-order valence-corrected chi connectivity index (χ1v) is 11.1. The van der Waals surface area contributed by atoms with Gasteiger partial charge in [-0.05, 0) is 43.2 Å². The summed E-state index contributed by atoms with van der Waals surface area (Å²) in [5, 5.41) is 17.2. The van der Waals surface area contributed by atoms with Crippen LogP contribution in [0.25, 0.3) is 0 Å². The Morgan fingerprint density at radius 1 is 1.06 bits per heavy atom. The normalized spacial score (nSPS) is 16.6. The Balaban J connectivity index is 1.72. The molecular weight excluding hydrogens is 432 g/mol. The predicted octanol–water partition coefficient (Wildman–Crippen LogP) is 4.76. The van der Waals surface area contributed by atoms with Crippen LogP contribution in [0.15, 0.2) is 84.0 Å². The third-order valence-electron chi connectivity index (χ3n) is 5.65. The van der Waals surface area contributed by atoms with Crippen molar-refractivity contribution in [2.24, 2.45) is 5.10 Å². The number of para-hydroxylation sites is 1. The first kappa shape index (κ1) is 23.1. The summed E-state index contributed by atoms with van der Waals surface area (Å²) in [6, 6.07) is 23.8. The van der Waals surface area contributed by atoms with E-state index < -0.39 is 11.1 Å². The fourth-order valence-electron chi connectivity index (χ4n) is 4.05. The van der Waals surface area contributed by atoms with Crippen molar-refractivity contribution < 1.29 is 14.5 Å². The lowest BCUT2D eigenvalue weighted by molar-refractivity contribution is -0.384. The summed E-state index contributed by atoms with van der Waals surface area (Å²) in [6.45, 7) is 4.99. The van der Waals surface area contributed by atoms with Gasteiger partial charge < -0.3 is 4.74 Å². The van der Waals surface area contributed by atoms with Gasteiger partial charge in [-0.1, -0.05) is 48.5 Å². The summed E-state index contributed by atoms with van der Waals surface area (Å²) in [7, 11) is 0. The van der Waals surface area contributed by atoms with Crippen LogP contribution in [0.5, 0.6) is 5.75 Å². The fraction of sp³-hybridized carbons (Fsp3) is 0.231. The van der Waals surface area contributed by atoms with E-state index in [1.54, 1.807) is 19.1 Å². The first-order valence-electron chi connectivity index (χ1n) is 11.1. The quantitative estimate of drug-likeness (QED) is 0.276. The highest BCUT2D eigenvalue weighted by Crippen LogP contribution is 2.37. The Labute approximate surface area is 198 Å². The fourth-order valence-corrected chi connectivity index (χ4v) is 4.05. The number of carbonyl (C=O) groups is 1. The molecule has 1 amide bonds. The number of nitro benzene ring substituents is 1. The van der Waals surface area contributed by atoms with E-state index in [4.69, 9.17) is 4.74 Å². The van der Waals surface area contributed by atoms with Crippen molar-refractivity contribution >= 4 is 17.3 Å². The van der Waals surface area contributed by atoms with Crippen molar-refractivity contribution in [2.45, 2.75) is 26.6 Å². The molecule has 0 spiro atoms. The number of ether oxygens (including phenoxy) is 1. The van der Waals surface area contributed by atoms with Crippen LogP contribution in [0.4, 0.5) is 5.69 Å². The lowest BCUT2D eigenvalue weighted by atomic mass is 10.1. The molecule has 1 aliphatic heterocycles. The zero-order valence-electron chi connectivity index (χ0n) is 19.1. The summed E-state index contributed by atoms with van der Waals surface area (Å²) in [4.78, 5) is 25.8. The van der Waals surface area contributed by atoms with Gasteiger partial charge in [0.25, 0.3) is 11.6 Å². The number of hydrogen-bond acceptors (Lipinski definition) is 6. The highest BCUT2D eigenvalue weighted by Gasteiger charge is 2.40. The maximum atomic E-state index is 13.2. The van der Waals surface area contributed by atoms with Crippen LogP contribution in [-0.2, 0) is 11.3 Å². The lowest BCUT2D eigenvalue weighted by Crippen LogP contribution is -2.30. The third-order valence-corrected chi connectivity index (χ3v) is 5.65. The standard InChI is InChI=1S/C26H26N4O4/c1-3-34-24-12-8-7-11-23(24)26-28(17-20-9-5-4-6-10-20)18-25(31)29(26)27-19(2)21-13-15-22(16-14-21)30(32)33/h4-16,26H,3,17-18H2,1-2H3/b27-19-/t26-/m1/s1. The number of hydrogen-bond donors (Lipinski definition) is 0. The molecule has 1 heterocycles. The second kappa shape index (κ2) is 10.3. The molecule has 1 atom stereocenters. The molecular formula is C26H26N4O4. The molecule has 8 nitrogen and oxygen atoms in total. The Hall–Kier alpha value is -4.04. The number of hydrazone groups is 1.